The summed E-state index contributed by atoms with van der Waals surface area (Å²) in [6, 6.07) is 11.3. The summed E-state index contributed by atoms with van der Waals surface area (Å²) in [5.41, 5.74) is 4.90. The van der Waals surface area contributed by atoms with E-state index in [0.29, 0.717) is 16.6 Å². The maximum atomic E-state index is 12.6. The summed E-state index contributed by atoms with van der Waals surface area (Å²) in [5.74, 6) is 0. The van der Waals surface area contributed by atoms with Crippen molar-refractivity contribution in [1.82, 2.24) is 4.57 Å². The fraction of sp³-hybridized carbons (Fsp3) is 0.211. The summed E-state index contributed by atoms with van der Waals surface area (Å²) >= 11 is 12.6. The lowest BCUT2D eigenvalue weighted by Gasteiger charge is -2.16. The van der Waals surface area contributed by atoms with E-state index in [1.807, 2.05) is 13.8 Å². The first kappa shape index (κ1) is 16.1. The van der Waals surface area contributed by atoms with Crippen molar-refractivity contribution in [2.75, 3.05) is 0 Å². The third kappa shape index (κ3) is 2.89. The number of pyridine rings is 1. The highest BCUT2D eigenvalue weighted by atomic mass is 35.5. The van der Waals surface area contributed by atoms with E-state index in [0.717, 1.165) is 27.6 Å². The lowest BCUT2D eigenvalue weighted by Crippen LogP contribution is -2.22. The van der Waals surface area contributed by atoms with Gasteiger partial charge < -0.3 is 4.57 Å². The number of rotatable bonds is 2. The molecule has 1 heterocycles. The van der Waals surface area contributed by atoms with Crippen molar-refractivity contribution in [1.29, 1.82) is 0 Å². The van der Waals surface area contributed by atoms with Crippen LogP contribution in [0.2, 0.25) is 10.0 Å². The first-order valence-corrected chi connectivity index (χ1v) is 8.18. The van der Waals surface area contributed by atoms with Crippen LogP contribution < -0.4 is 5.56 Å². The van der Waals surface area contributed by atoms with Crippen LogP contribution in [0, 0.1) is 20.8 Å². The van der Waals surface area contributed by atoms with Crippen LogP contribution in [0.15, 0.2) is 41.2 Å². The van der Waals surface area contributed by atoms with Crippen LogP contribution in [0.3, 0.4) is 0 Å². The van der Waals surface area contributed by atoms with Gasteiger partial charge >= 0.3 is 0 Å². The standard InChI is InChI=1S/C19H17Cl2NO/c1-11-7-13(3)19-14(8-11)12(2)9-18(23)22(19)10-15-16(20)5-4-6-17(15)21/h4-9H,10H2,1-3H3. The van der Waals surface area contributed by atoms with Gasteiger partial charge in [-0.2, -0.15) is 0 Å². The van der Waals surface area contributed by atoms with E-state index >= 15 is 0 Å². The second-order valence-electron chi connectivity index (χ2n) is 5.93. The zero-order valence-electron chi connectivity index (χ0n) is 13.3. The molecule has 0 saturated carbocycles. The maximum absolute atomic E-state index is 12.6. The number of hydrogen-bond acceptors (Lipinski definition) is 1. The molecule has 0 bridgehead atoms. The predicted octanol–water partition coefficient (Wildman–Crippen LogP) is 5.28. The molecule has 0 aliphatic rings. The summed E-state index contributed by atoms with van der Waals surface area (Å²) in [6.45, 7) is 6.42. The minimum Gasteiger partial charge on any atom is -0.303 e. The highest BCUT2D eigenvalue weighted by molar-refractivity contribution is 6.36. The molecule has 4 heteroatoms. The molecule has 0 amide bonds. The smallest absolute Gasteiger partial charge is 0.251 e. The molecule has 23 heavy (non-hydrogen) atoms. The van der Waals surface area contributed by atoms with Crippen molar-refractivity contribution in [2.45, 2.75) is 27.3 Å². The molecule has 3 aromatic rings. The Balaban J connectivity index is 2.32. The maximum Gasteiger partial charge on any atom is 0.251 e. The Morgan fingerprint density at radius 2 is 1.61 bits per heavy atom. The van der Waals surface area contributed by atoms with Crippen molar-refractivity contribution in [3.8, 4) is 0 Å². The van der Waals surface area contributed by atoms with Gasteiger partial charge in [0, 0.05) is 27.1 Å². The Kier molecular flexibility index (Phi) is 4.22. The Hall–Kier alpha value is -1.77. The molecule has 1 aromatic heterocycles. The third-order valence-corrected chi connectivity index (χ3v) is 4.83. The zero-order valence-corrected chi connectivity index (χ0v) is 14.8. The number of nitrogens with zero attached hydrogens (tertiary/aromatic N) is 1. The Morgan fingerprint density at radius 1 is 0.957 bits per heavy atom. The van der Waals surface area contributed by atoms with Gasteiger partial charge in [0.05, 0.1) is 12.1 Å². The molecule has 0 spiro atoms. The highest BCUT2D eigenvalue weighted by Crippen LogP contribution is 2.28. The van der Waals surface area contributed by atoms with Crippen LogP contribution in [0.5, 0.6) is 0 Å². The van der Waals surface area contributed by atoms with Gasteiger partial charge in [-0.15, -0.1) is 0 Å². The Morgan fingerprint density at radius 3 is 2.26 bits per heavy atom. The van der Waals surface area contributed by atoms with Crippen molar-refractivity contribution in [3.63, 3.8) is 0 Å². The number of halogens is 2. The van der Waals surface area contributed by atoms with Crippen LogP contribution in [0.1, 0.15) is 22.3 Å². The normalized spacial score (nSPS) is 11.2. The number of benzene rings is 2. The lowest BCUT2D eigenvalue weighted by molar-refractivity contribution is 0.791. The van der Waals surface area contributed by atoms with Crippen LogP contribution in [-0.2, 0) is 6.54 Å². The van der Waals surface area contributed by atoms with Gasteiger partial charge in [-0.25, -0.2) is 0 Å². The second-order valence-corrected chi connectivity index (χ2v) is 6.74. The third-order valence-electron chi connectivity index (χ3n) is 4.12. The summed E-state index contributed by atoms with van der Waals surface area (Å²) in [4.78, 5) is 12.6. The molecular formula is C19H17Cl2NO. The minimum atomic E-state index is -0.0436. The van der Waals surface area contributed by atoms with E-state index in [4.69, 9.17) is 23.2 Å². The average molecular weight is 346 g/mol. The van der Waals surface area contributed by atoms with Gasteiger partial charge in [0.25, 0.3) is 5.56 Å². The fourth-order valence-electron chi connectivity index (χ4n) is 3.07. The molecule has 0 radical (unpaired) electrons. The van der Waals surface area contributed by atoms with Crippen molar-refractivity contribution in [3.05, 3.63) is 79.1 Å². The SMILES string of the molecule is Cc1cc(C)c2c(c1)c(C)cc(=O)n2Cc1c(Cl)cccc1Cl. The molecule has 3 rings (SSSR count). The first-order chi connectivity index (χ1) is 10.9. The van der Waals surface area contributed by atoms with E-state index in [2.05, 4.69) is 19.1 Å². The summed E-state index contributed by atoms with van der Waals surface area (Å²) in [7, 11) is 0. The molecule has 0 N–H and O–H groups in total. The number of hydrogen-bond donors (Lipinski definition) is 0. The predicted molar refractivity (Wildman–Crippen MR) is 98.0 cm³/mol. The molecular weight excluding hydrogens is 329 g/mol. The van der Waals surface area contributed by atoms with E-state index in [1.54, 1.807) is 28.8 Å². The van der Waals surface area contributed by atoms with Crippen molar-refractivity contribution < 1.29 is 0 Å². The quantitative estimate of drug-likeness (QED) is 0.619. The van der Waals surface area contributed by atoms with Crippen LogP contribution in [-0.4, -0.2) is 4.57 Å². The lowest BCUT2D eigenvalue weighted by atomic mass is 10.0. The largest absolute Gasteiger partial charge is 0.303 e. The van der Waals surface area contributed by atoms with Gasteiger partial charge in [0.1, 0.15) is 0 Å². The van der Waals surface area contributed by atoms with E-state index in [-0.39, 0.29) is 5.56 Å². The van der Waals surface area contributed by atoms with Crippen LogP contribution in [0.4, 0.5) is 0 Å². The molecule has 0 aliphatic heterocycles. The molecule has 0 fully saturated rings. The van der Waals surface area contributed by atoms with Gasteiger partial charge in [0.2, 0.25) is 0 Å². The second kappa shape index (κ2) is 6.03. The first-order valence-electron chi connectivity index (χ1n) is 7.43. The van der Waals surface area contributed by atoms with E-state index < -0.39 is 0 Å². The zero-order chi connectivity index (χ0) is 16.7. The topological polar surface area (TPSA) is 22.0 Å². The molecule has 118 valence electrons. The molecule has 0 aliphatic carbocycles. The van der Waals surface area contributed by atoms with Gasteiger partial charge in [-0.1, -0.05) is 40.9 Å². The molecule has 2 aromatic carbocycles. The summed E-state index contributed by atoms with van der Waals surface area (Å²) in [6.07, 6.45) is 0. The Labute approximate surface area is 145 Å². The monoisotopic (exact) mass is 345 g/mol. The van der Waals surface area contributed by atoms with Crippen molar-refractivity contribution in [2.24, 2.45) is 0 Å². The highest BCUT2D eigenvalue weighted by Gasteiger charge is 2.13. The number of aromatic nitrogens is 1. The van der Waals surface area contributed by atoms with Crippen LogP contribution in [0.25, 0.3) is 10.9 Å². The molecule has 2 nitrogen and oxygen atoms in total. The van der Waals surface area contributed by atoms with E-state index in [9.17, 15) is 4.79 Å². The van der Waals surface area contributed by atoms with E-state index in [1.165, 1.54) is 5.56 Å². The molecule has 0 saturated heterocycles. The fourth-order valence-corrected chi connectivity index (χ4v) is 3.59. The summed E-state index contributed by atoms with van der Waals surface area (Å²) < 4.78 is 1.75. The Bertz CT molecular complexity index is 953. The summed E-state index contributed by atoms with van der Waals surface area (Å²) in [5, 5.41) is 2.23. The minimum absolute atomic E-state index is 0.0436. The average Bonchev–Trinajstić information content (AvgIpc) is 2.46. The van der Waals surface area contributed by atoms with Crippen molar-refractivity contribution >= 4 is 34.1 Å². The van der Waals surface area contributed by atoms with Gasteiger partial charge in [0.15, 0.2) is 0 Å². The number of aryl methyl sites for hydroxylation is 3. The number of fused-ring (bicyclic) bond motifs is 1. The van der Waals surface area contributed by atoms with Gasteiger partial charge in [-0.3, -0.25) is 4.79 Å². The van der Waals surface area contributed by atoms with Crippen LogP contribution >= 0.6 is 23.2 Å². The van der Waals surface area contributed by atoms with Gasteiger partial charge in [-0.05, 0) is 50.1 Å². The molecule has 0 atom stereocenters. The molecule has 0 unspecified atom stereocenters.